The largest absolute Gasteiger partial charge is 0.312 e. The lowest BCUT2D eigenvalue weighted by molar-refractivity contribution is -0.117. The normalized spacial score (nSPS) is 13.9. The Bertz CT molecular complexity index is 1040. The number of anilines is 1. The number of amides is 1. The molecule has 1 fully saturated rings. The number of hydrogen-bond donors (Lipinski definition) is 0. The minimum absolute atomic E-state index is 0.00893. The predicted octanol–water partition coefficient (Wildman–Crippen LogP) is 3.38. The van der Waals surface area contributed by atoms with Crippen LogP contribution in [0.2, 0.25) is 0 Å². The van der Waals surface area contributed by atoms with Gasteiger partial charge in [-0.05, 0) is 66.1 Å². The number of thioether (sulfide) groups is 1. The number of rotatable bonds is 6. The molecule has 0 saturated carbocycles. The van der Waals surface area contributed by atoms with Crippen LogP contribution in [-0.4, -0.2) is 44.2 Å². The highest BCUT2D eigenvalue weighted by Crippen LogP contribution is 2.25. The molecule has 0 N–H and O–H groups in total. The molecule has 7 nitrogen and oxygen atoms in total. The van der Waals surface area contributed by atoms with Gasteiger partial charge >= 0.3 is 0 Å². The number of aromatic nitrogens is 4. The summed E-state index contributed by atoms with van der Waals surface area (Å²) < 4.78 is 1.69. The molecule has 29 heavy (non-hydrogen) atoms. The standard InChI is InChI=1S/C21H21N5O2S/c1-14-5-3-6-15(2)20(14)26-21(22-23-24-26)29-13-18(27)16-8-10-17(11-9-16)25-12-4-7-19(25)28/h3,5-6,8-11H,4,7,12-13H2,1-2H3. The zero-order chi connectivity index (χ0) is 20.4. The van der Waals surface area contributed by atoms with Crippen LogP contribution in [0.3, 0.4) is 0 Å². The number of Topliss-reactive ketones (excluding diaryl/α,β-unsaturated/α-hetero) is 1. The average molecular weight is 407 g/mol. The smallest absolute Gasteiger partial charge is 0.227 e. The van der Waals surface area contributed by atoms with Gasteiger partial charge in [0.1, 0.15) is 0 Å². The Kier molecular flexibility index (Phi) is 5.44. The molecule has 0 aliphatic carbocycles. The van der Waals surface area contributed by atoms with Crippen molar-refractivity contribution in [1.29, 1.82) is 0 Å². The van der Waals surface area contributed by atoms with Crippen LogP contribution in [0.25, 0.3) is 5.69 Å². The first-order chi connectivity index (χ1) is 14.0. The van der Waals surface area contributed by atoms with Crippen LogP contribution in [0.15, 0.2) is 47.6 Å². The molecule has 1 amide bonds. The van der Waals surface area contributed by atoms with Crippen molar-refractivity contribution >= 4 is 29.1 Å². The number of tetrazole rings is 1. The van der Waals surface area contributed by atoms with E-state index in [1.165, 1.54) is 11.8 Å². The van der Waals surface area contributed by atoms with Crippen molar-refractivity contribution < 1.29 is 9.59 Å². The molecule has 2 heterocycles. The van der Waals surface area contributed by atoms with Gasteiger partial charge in [0, 0.05) is 24.2 Å². The lowest BCUT2D eigenvalue weighted by Crippen LogP contribution is -2.23. The van der Waals surface area contributed by atoms with E-state index >= 15 is 0 Å². The van der Waals surface area contributed by atoms with Crippen molar-refractivity contribution in [3.05, 3.63) is 59.2 Å². The molecule has 1 saturated heterocycles. The number of nitrogens with zero attached hydrogens (tertiary/aromatic N) is 5. The van der Waals surface area contributed by atoms with Crippen molar-refractivity contribution in [2.75, 3.05) is 17.2 Å². The molecule has 1 aromatic heterocycles. The zero-order valence-corrected chi connectivity index (χ0v) is 17.1. The van der Waals surface area contributed by atoms with Crippen LogP contribution >= 0.6 is 11.8 Å². The summed E-state index contributed by atoms with van der Waals surface area (Å²) in [6.45, 7) is 4.76. The fourth-order valence-corrected chi connectivity index (χ4v) is 4.28. The third-order valence-electron chi connectivity index (χ3n) is 5.00. The highest BCUT2D eigenvalue weighted by Gasteiger charge is 2.22. The number of para-hydroxylation sites is 1. The molecule has 2 aromatic carbocycles. The van der Waals surface area contributed by atoms with E-state index in [2.05, 4.69) is 15.5 Å². The molecule has 0 unspecified atom stereocenters. The maximum absolute atomic E-state index is 12.6. The monoisotopic (exact) mass is 407 g/mol. The van der Waals surface area contributed by atoms with E-state index in [0.717, 1.165) is 35.5 Å². The summed E-state index contributed by atoms with van der Waals surface area (Å²) in [5.41, 5.74) is 4.52. The van der Waals surface area contributed by atoms with Gasteiger partial charge in [-0.15, -0.1) is 5.10 Å². The molecule has 8 heteroatoms. The molecular weight excluding hydrogens is 386 g/mol. The van der Waals surface area contributed by atoms with Gasteiger partial charge in [0.05, 0.1) is 11.4 Å². The third kappa shape index (κ3) is 3.93. The van der Waals surface area contributed by atoms with E-state index < -0.39 is 0 Å². The van der Waals surface area contributed by atoms with Crippen LogP contribution in [0.4, 0.5) is 5.69 Å². The first-order valence-electron chi connectivity index (χ1n) is 9.46. The Morgan fingerprint density at radius 1 is 1.10 bits per heavy atom. The van der Waals surface area contributed by atoms with Gasteiger partial charge in [-0.1, -0.05) is 30.0 Å². The van der Waals surface area contributed by atoms with E-state index in [1.807, 2.05) is 44.2 Å². The maximum Gasteiger partial charge on any atom is 0.227 e. The van der Waals surface area contributed by atoms with Crippen molar-refractivity contribution in [3.8, 4) is 5.69 Å². The van der Waals surface area contributed by atoms with Crippen molar-refractivity contribution in [2.24, 2.45) is 0 Å². The van der Waals surface area contributed by atoms with Gasteiger partial charge in [0.15, 0.2) is 5.78 Å². The average Bonchev–Trinajstić information content (AvgIpc) is 3.35. The summed E-state index contributed by atoms with van der Waals surface area (Å²) >= 11 is 1.31. The van der Waals surface area contributed by atoms with Gasteiger partial charge in [-0.2, -0.15) is 4.68 Å². The summed E-state index contributed by atoms with van der Waals surface area (Å²) in [5.74, 6) is 0.358. The van der Waals surface area contributed by atoms with Crippen LogP contribution in [0.5, 0.6) is 0 Å². The number of carbonyl (C=O) groups is 2. The zero-order valence-electron chi connectivity index (χ0n) is 16.3. The van der Waals surface area contributed by atoms with Crippen molar-refractivity contribution in [1.82, 2.24) is 20.2 Å². The predicted molar refractivity (Wildman–Crippen MR) is 112 cm³/mol. The van der Waals surface area contributed by atoms with E-state index in [4.69, 9.17) is 0 Å². The molecule has 1 aliphatic rings. The quantitative estimate of drug-likeness (QED) is 0.460. The molecule has 3 aromatic rings. The molecule has 0 bridgehead atoms. The Hall–Kier alpha value is -3.00. The number of benzene rings is 2. The van der Waals surface area contributed by atoms with Crippen molar-refractivity contribution in [3.63, 3.8) is 0 Å². The summed E-state index contributed by atoms with van der Waals surface area (Å²) in [6.07, 6.45) is 1.47. The van der Waals surface area contributed by atoms with E-state index in [0.29, 0.717) is 17.1 Å². The van der Waals surface area contributed by atoms with Crippen LogP contribution < -0.4 is 4.90 Å². The van der Waals surface area contributed by atoms with E-state index in [-0.39, 0.29) is 17.4 Å². The minimum Gasteiger partial charge on any atom is -0.312 e. The summed E-state index contributed by atoms with van der Waals surface area (Å²) in [7, 11) is 0. The second-order valence-corrected chi connectivity index (χ2v) is 7.96. The van der Waals surface area contributed by atoms with Crippen LogP contribution in [0, 0.1) is 13.8 Å². The van der Waals surface area contributed by atoms with Gasteiger partial charge in [0.2, 0.25) is 11.1 Å². The molecule has 0 spiro atoms. The van der Waals surface area contributed by atoms with E-state index in [9.17, 15) is 9.59 Å². The van der Waals surface area contributed by atoms with Crippen molar-refractivity contribution in [2.45, 2.75) is 31.8 Å². The Labute approximate surface area is 173 Å². The van der Waals surface area contributed by atoms with Gasteiger partial charge in [-0.25, -0.2) is 0 Å². The first-order valence-corrected chi connectivity index (χ1v) is 10.4. The lowest BCUT2D eigenvalue weighted by atomic mass is 10.1. The highest BCUT2D eigenvalue weighted by atomic mass is 32.2. The highest BCUT2D eigenvalue weighted by molar-refractivity contribution is 7.99. The SMILES string of the molecule is Cc1cccc(C)c1-n1nnnc1SCC(=O)c1ccc(N2CCCC2=O)cc1. The molecule has 1 aliphatic heterocycles. The van der Waals surface area contributed by atoms with Gasteiger partial charge in [0.25, 0.3) is 0 Å². The summed E-state index contributed by atoms with van der Waals surface area (Å²) in [6, 6.07) is 13.2. The second-order valence-electron chi connectivity index (χ2n) is 7.02. The fraction of sp³-hybridized carbons (Fsp3) is 0.286. The number of carbonyl (C=O) groups excluding carboxylic acids is 2. The van der Waals surface area contributed by atoms with Gasteiger partial charge < -0.3 is 4.90 Å². The summed E-state index contributed by atoms with van der Waals surface area (Å²) in [4.78, 5) is 26.3. The second kappa shape index (κ2) is 8.16. The molecule has 0 atom stereocenters. The van der Waals surface area contributed by atoms with Crippen LogP contribution in [0.1, 0.15) is 34.3 Å². The Morgan fingerprint density at radius 2 is 1.83 bits per heavy atom. The Morgan fingerprint density at radius 3 is 2.48 bits per heavy atom. The number of ketones is 1. The molecular formula is C21H21N5O2S. The molecule has 0 radical (unpaired) electrons. The number of hydrogen-bond acceptors (Lipinski definition) is 6. The van der Waals surface area contributed by atoms with E-state index in [1.54, 1.807) is 21.7 Å². The summed E-state index contributed by atoms with van der Waals surface area (Å²) in [5, 5.41) is 12.6. The minimum atomic E-state index is -0.00893. The van der Waals surface area contributed by atoms with Crippen LogP contribution in [-0.2, 0) is 4.79 Å². The fourth-order valence-electron chi connectivity index (χ4n) is 3.51. The molecule has 4 rings (SSSR count). The Balaban J connectivity index is 1.46. The lowest BCUT2D eigenvalue weighted by Gasteiger charge is -2.15. The maximum atomic E-state index is 12.6. The number of aryl methyl sites for hydroxylation is 2. The molecule has 148 valence electrons. The topological polar surface area (TPSA) is 81.0 Å². The van der Waals surface area contributed by atoms with Gasteiger partial charge in [-0.3, -0.25) is 9.59 Å². The third-order valence-corrected chi connectivity index (χ3v) is 5.92. The first kappa shape index (κ1) is 19.3.